The number of hydrogen-bond acceptors (Lipinski definition) is 4. The molecule has 2 aromatic carbocycles. The topological polar surface area (TPSA) is 38.1 Å². The Morgan fingerprint density at radius 3 is 2.65 bits per heavy atom. The molecular weight excluding hydrogens is 422 g/mol. The van der Waals surface area contributed by atoms with Gasteiger partial charge < -0.3 is 0 Å². The maximum Gasteiger partial charge on any atom is 0.266 e. The van der Waals surface area contributed by atoms with Crippen molar-refractivity contribution in [1.29, 1.82) is 0 Å². The Morgan fingerprint density at radius 1 is 1.13 bits per heavy atom. The number of benzene rings is 2. The lowest BCUT2D eigenvalue weighted by molar-refractivity contribution is -0.122. The zero-order valence-corrected chi connectivity index (χ0v) is 19.6. The standard InChI is InChI=1S/C25H25N3OS2/c1-4-5-13-27-24(29)22(31-25(27)30)15-19-16-28(20-9-7-6-8-10-20)26-23(19)21-14-17(2)11-12-18(21)3/h6-12,14-16H,4-5,13H2,1-3H3/b22-15+. The van der Waals surface area contributed by atoms with Crippen LogP contribution in [0.25, 0.3) is 23.0 Å². The first-order valence-corrected chi connectivity index (χ1v) is 11.7. The first-order valence-electron chi connectivity index (χ1n) is 10.5. The van der Waals surface area contributed by atoms with Crippen molar-refractivity contribution in [3.63, 3.8) is 0 Å². The van der Waals surface area contributed by atoms with E-state index in [4.69, 9.17) is 17.3 Å². The van der Waals surface area contributed by atoms with Gasteiger partial charge in [-0.2, -0.15) is 5.10 Å². The largest absolute Gasteiger partial charge is 0.293 e. The van der Waals surface area contributed by atoms with Crippen LogP contribution in [0.4, 0.5) is 0 Å². The Labute approximate surface area is 193 Å². The second-order valence-corrected chi connectivity index (χ2v) is 9.39. The van der Waals surface area contributed by atoms with Gasteiger partial charge in [-0.25, -0.2) is 4.68 Å². The number of thiocarbonyl (C=S) groups is 1. The summed E-state index contributed by atoms with van der Waals surface area (Å²) in [5, 5.41) is 4.91. The van der Waals surface area contributed by atoms with Crippen molar-refractivity contribution >= 4 is 40.3 Å². The monoisotopic (exact) mass is 447 g/mol. The average molecular weight is 448 g/mol. The number of carbonyl (C=O) groups excluding carboxylic acids is 1. The van der Waals surface area contributed by atoms with Gasteiger partial charge in [-0.05, 0) is 50.1 Å². The fourth-order valence-electron chi connectivity index (χ4n) is 3.56. The molecule has 0 atom stereocenters. The molecule has 0 aliphatic carbocycles. The van der Waals surface area contributed by atoms with Gasteiger partial charge in [-0.1, -0.05) is 73.2 Å². The van der Waals surface area contributed by atoms with E-state index in [2.05, 4.69) is 39.0 Å². The van der Waals surface area contributed by atoms with E-state index in [-0.39, 0.29) is 5.91 Å². The molecule has 0 bridgehead atoms. The predicted molar refractivity (Wildman–Crippen MR) is 133 cm³/mol. The van der Waals surface area contributed by atoms with Gasteiger partial charge in [0.15, 0.2) is 0 Å². The molecule has 158 valence electrons. The van der Waals surface area contributed by atoms with Crippen molar-refractivity contribution in [3.05, 3.63) is 76.3 Å². The molecule has 4 rings (SSSR count). The third-order valence-corrected chi connectivity index (χ3v) is 6.68. The van der Waals surface area contributed by atoms with Gasteiger partial charge in [0.1, 0.15) is 10.0 Å². The number of rotatable bonds is 6. The Hall–Kier alpha value is -2.70. The summed E-state index contributed by atoms with van der Waals surface area (Å²) in [4.78, 5) is 15.4. The quantitative estimate of drug-likeness (QED) is 0.335. The number of nitrogens with zero attached hydrogens (tertiary/aromatic N) is 3. The zero-order chi connectivity index (χ0) is 22.0. The second-order valence-electron chi connectivity index (χ2n) is 7.72. The van der Waals surface area contributed by atoms with Crippen LogP contribution < -0.4 is 0 Å². The highest BCUT2D eigenvalue weighted by molar-refractivity contribution is 8.26. The highest BCUT2D eigenvalue weighted by atomic mass is 32.2. The smallest absolute Gasteiger partial charge is 0.266 e. The van der Waals surface area contributed by atoms with Crippen molar-refractivity contribution in [2.45, 2.75) is 33.6 Å². The van der Waals surface area contributed by atoms with Gasteiger partial charge in [0, 0.05) is 23.9 Å². The summed E-state index contributed by atoms with van der Waals surface area (Å²) in [5.74, 6) is -0.0113. The molecule has 2 heterocycles. The Balaban J connectivity index is 1.80. The molecule has 0 spiro atoms. The van der Waals surface area contributed by atoms with Gasteiger partial charge in [0.05, 0.1) is 10.6 Å². The third kappa shape index (κ3) is 4.50. The van der Waals surface area contributed by atoms with Gasteiger partial charge in [0.25, 0.3) is 5.91 Å². The van der Waals surface area contributed by atoms with E-state index in [1.54, 1.807) is 4.90 Å². The third-order valence-electron chi connectivity index (χ3n) is 5.31. The molecule has 1 aromatic heterocycles. The first kappa shape index (κ1) is 21.5. The van der Waals surface area contributed by atoms with E-state index in [0.717, 1.165) is 40.9 Å². The fraction of sp³-hybridized carbons (Fsp3) is 0.240. The number of aromatic nitrogens is 2. The molecule has 1 aliphatic heterocycles. The van der Waals surface area contributed by atoms with E-state index in [1.807, 2.05) is 47.3 Å². The van der Waals surface area contributed by atoms with Crippen molar-refractivity contribution in [3.8, 4) is 16.9 Å². The van der Waals surface area contributed by atoms with Gasteiger partial charge in [-0.3, -0.25) is 9.69 Å². The molecule has 31 heavy (non-hydrogen) atoms. The predicted octanol–water partition coefficient (Wildman–Crippen LogP) is 6.16. The number of carbonyl (C=O) groups is 1. The molecule has 0 unspecified atom stereocenters. The van der Waals surface area contributed by atoms with E-state index in [9.17, 15) is 4.79 Å². The molecule has 1 saturated heterocycles. The van der Waals surface area contributed by atoms with Gasteiger partial charge in [-0.15, -0.1) is 0 Å². The van der Waals surface area contributed by atoms with Crippen LogP contribution >= 0.6 is 24.0 Å². The van der Waals surface area contributed by atoms with Crippen LogP contribution in [0.15, 0.2) is 59.6 Å². The molecular formula is C25H25N3OS2. The lowest BCUT2D eigenvalue weighted by atomic mass is 10.0. The van der Waals surface area contributed by atoms with E-state index in [1.165, 1.54) is 17.3 Å². The summed E-state index contributed by atoms with van der Waals surface area (Å²) in [7, 11) is 0. The molecule has 6 heteroatoms. The first-order chi connectivity index (χ1) is 15.0. The zero-order valence-electron chi connectivity index (χ0n) is 18.0. The molecule has 0 saturated carbocycles. The Bertz CT molecular complexity index is 1160. The number of unbranched alkanes of at least 4 members (excludes halogenated alkanes) is 1. The van der Waals surface area contributed by atoms with E-state index >= 15 is 0 Å². The maximum atomic E-state index is 13.0. The minimum Gasteiger partial charge on any atom is -0.293 e. The average Bonchev–Trinajstić information content (AvgIpc) is 3.30. The molecule has 1 amide bonds. The number of thioether (sulfide) groups is 1. The minimum atomic E-state index is -0.0113. The van der Waals surface area contributed by atoms with Crippen LogP contribution in [0.5, 0.6) is 0 Å². The summed E-state index contributed by atoms with van der Waals surface area (Å²) in [5.41, 5.74) is 6.14. The lowest BCUT2D eigenvalue weighted by Gasteiger charge is -2.13. The van der Waals surface area contributed by atoms with Crippen LogP contribution in [-0.2, 0) is 4.79 Å². The highest BCUT2D eigenvalue weighted by Gasteiger charge is 2.32. The number of hydrogen-bond donors (Lipinski definition) is 0. The number of amides is 1. The molecule has 1 aliphatic rings. The second kappa shape index (κ2) is 9.20. The molecule has 4 nitrogen and oxygen atoms in total. The molecule has 0 radical (unpaired) electrons. The van der Waals surface area contributed by atoms with E-state index < -0.39 is 0 Å². The SMILES string of the molecule is CCCCN1C(=O)/C(=C\c2cn(-c3ccccc3)nc2-c2cc(C)ccc2C)SC1=S. The minimum absolute atomic E-state index is 0.0113. The Kier molecular flexibility index (Phi) is 6.39. The van der Waals surface area contributed by atoms with Crippen molar-refractivity contribution < 1.29 is 4.79 Å². The van der Waals surface area contributed by atoms with Crippen LogP contribution in [-0.4, -0.2) is 31.5 Å². The molecule has 1 fully saturated rings. The van der Waals surface area contributed by atoms with Crippen LogP contribution in [0.2, 0.25) is 0 Å². The number of para-hydroxylation sites is 1. The summed E-state index contributed by atoms with van der Waals surface area (Å²) in [6.07, 6.45) is 5.90. The van der Waals surface area contributed by atoms with Gasteiger partial charge in [0.2, 0.25) is 0 Å². The van der Waals surface area contributed by atoms with Crippen molar-refractivity contribution in [2.24, 2.45) is 0 Å². The van der Waals surface area contributed by atoms with Gasteiger partial charge >= 0.3 is 0 Å². The summed E-state index contributed by atoms with van der Waals surface area (Å²) in [6, 6.07) is 16.4. The summed E-state index contributed by atoms with van der Waals surface area (Å²) >= 11 is 6.85. The summed E-state index contributed by atoms with van der Waals surface area (Å²) < 4.78 is 2.51. The maximum absolute atomic E-state index is 13.0. The van der Waals surface area contributed by atoms with E-state index in [0.29, 0.717) is 15.8 Å². The molecule has 0 N–H and O–H groups in total. The normalized spacial score (nSPS) is 15.3. The lowest BCUT2D eigenvalue weighted by Crippen LogP contribution is -2.28. The highest BCUT2D eigenvalue weighted by Crippen LogP contribution is 2.35. The summed E-state index contributed by atoms with van der Waals surface area (Å²) in [6.45, 7) is 6.95. The van der Waals surface area contributed by atoms with Crippen LogP contribution in [0, 0.1) is 13.8 Å². The van der Waals surface area contributed by atoms with Crippen molar-refractivity contribution in [2.75, 3.05) is 6.54 Å². The number of aryl methyl sites for hydroxylation is 2. The van der Waals surface area contributed by atoms with Crippen LogP contribution in [0.1, 0.15) is 36.5 Å². The van der Waals surface area contributed by atoms with Crippen molar-refractivity contribution in [1.82, 2.24) is 14.7 Å². The van der Waals surface area contributed by atoms with Crippen LogP contribution in [0.3, 0.4) is 0 Å². The fourth-order valence-corrected chi connectivity index (χ4v) is 4.86. The molecule has 3 aromatic rings. The Morgan fingerprint density at radius 2 is 1.90 bits per heavy atom.